The monoisotopic (exact) mass is 941 g/mol. The van der Waals surface area contributed by atoms with Crippen LogP contribution >= 0.6 is 0 Å². The average Bonchev–Trinajstić information content (AvgIpc) is 3.97. The van der Waals surface area contributed by atoms with Gasteiger partial charge in [-0.1, -0.05) is 55.8 Å². The van der Waals surface area contributed by atoms with Crippen molar-refractivity contribution in [3.63, 3.8) is 0 Å². The zero-order valence-electron chi connectivity index (χ0n) is 39.6. The molecule has 6 heterocycles. The summed E-state index contributed by atoms with van der Waals surface area (Å²) in [4.78, 5) is 71.4. The largest absolute Gasteiger partial charge is 0.496 e. The zero-order valence-corrected chi connectivity index (χ0v) is 39.6. The number of amides is 1. The number of ether oxygens (including phenoxy) is 3. The summed E-state index contributed by atoms with van der Waals surface area (Å²) in [6.07, 6.45) is 3.85. The number of H-pyrrole nitrogens is 1. The number of carbonyl (C=O) groups excluding carboxylic acids is 3. The van der Waals surface area contributed by atoms with E-state index in [1.807, 2.05) is 19.2 Å². The van der Waals surface area contributed by atoms with E-state index < -0.39 is 64.1 Å². The molecule has 1 aromatic heterocycles. The maximum Gasteiger partial charge on any atom is 0.335 e. The molecule has 9 rings (SSSR count). The molecule has 366 valence electrons. The summed E-state index contributed by atoms with van der Waals surface area (Å²) in [5.41, 5.74) is 2.29. The van der Waals surface area contributed by atoms with Crippen LogP contribution in [0, 0.1) is 11.3 Å². The average molecular weight is 942 g/mol. The summed E-state index contributed by atoms with van der Waals surface area (Å²) >= 11 is 0. The lowest BCUT2D eigenvalue weighted by Crippen LogP contribution is -2.81. The number of esters is 2. The number of aliphatic hydroxyl groups excluding tert-OH is 2. The number of aliphatic carboxylic acids is 2. The molecule has 3 aromatic rings. The molecule has 1 spiro atoms. The van der Waals surface area contributed by atoms with Crippen molar-refractivity contribution < 1.29 is 63.7 Å². The van der Waals surface area contributed by atoms with Crippen LogP contribution in [0.3, 0.4) is 0 Å². The SMILES string of the molecule is CCC1=C[C@@H]2CN(C1)Cc1c([nH]c3ccccc13)[C@@](C(=O)OC)(c1cc3c(cc1OC)N(C)[C@H]1[C@@](O)(CNC(C)=O)[C@H](OC(C)=O)[C@]4(CC)C=CCN5CC[C@]31[C@@H]54)C2.O=C(O)C(O)C(O)C(=O)O. The Morgan fingerprint density at radius 1 is 0.971 bits per heavy atom. The minimum Gasteiger partial charge on any atom is -0.496 e. The summed E-state index contributed by atoms with van der Waals surface area (Å²) in [5, 5.41) is 50.1. The van der Waals surface area contributed by atoms with Gasteiger partial charge in [-0.05, 0) is 61.4 Å². The molecule has 11 atom stereocenters. The number of fused-ring (bicyclic) bond motifs is 6. The highest BCUT2D eigenvalue weighted by atomic mass is 16.6. The third-order valence-electron chi connectivity index (χ3n) is 15.8. The van der Waals surface area contributed by atoms with Gasteiger partial charge in [0.15, 0.2) is 12.2 Å². The van der Waals surface area contributed by atoms with Gasteiger partial charge in [0.05, 0.1) is 26.8 Å². The molecule has 68 heavy (non-hydrogen) atoms. The van der Waals surface area contributed by atoms with E-state index in [9.17, 15) is 24.3 Å². The number of rotatable bonds is 11. The first-order valence-corrected chi connectivity index (χ1v) is 23.2. The number of carboxylic acids is 2. The van der Waals surface area contributed by atoms with Gasteiger partial charge in [0.25, 0.3) is 0 Å². The lowest BCUT2D eigenvalue weighted by atomic mass is 9.47. The highest BCUT2D eigenvalue weighted by molar-refractivity contribution is 5.94. The number of anilines is 1. The molecule has 2 aromatic carbocycles. The first-order valence-electron chi connectivity index (χ1n) is 23.2. The van der Waals surface area contributed by atoms with Gasteiger partial charge >= 0.3 is 23.9 Å². The summed E-state index contributed by atoms with van der Waals surface area (Å²) in [6, 6.07) is 11.7. The Morgan fingerprint density at radius 3 is 2.29 bits per heavy atom. The standard InChI is InChI=1S/C46H57N5O7.C4H6O6/c1-8-29-19-30-22-45(42(54)57-7,38-32(25-50(23-29)24-30)31-13-10-11-14-35(31)48-38)34-20-33-36(21-37(34)56-6)49(5)40-44(33)16-18-51-17-12-15-43(9-2,39(44)51)41(58-28(4)53)46(40,55)26-47-27(3)52;5-1(3(7)8)2(6)4(9)10/h10-15,19-21,30,39-41,48,55H,8-9,16-18,22-26H2,1-7H3,(H,47,52);1-2,5-6H,(H,7,8)(H,9,10)/t30-,39-,40+,41+,43+,44+,45-,46-;/m0./s1. The summed E-state index contributed by atoms with van der Waals surface area (Å²) in [5.74, 6) is -4.07. The van der Waals surface area contributed by atoms with Crippen molar-refractivity contribution in [3.8, 4) is 5.75 Å². The molecule has 2 fully saturated rings. The van der Waals surface area contributed by atoms with Crippen LogP contribution < -0.4 is 15.0 Å². The topological polar surface area (TPSA) is 252 Å². The molecule has 1 saturated carbocycles. The molecule has 1 saturated heterocycles. The Labute approximate surface area is 394 Å². The zero-order chi connectivity index (χ0) is 49.2. The van der Waals surface area contributed by atoms with Crippen LogP contribution in [-0.2, 0) is 50.8 Å². The molecule has 3 unspecified atom stereocenters. The van der Waals surface area contributed by atoms with E-state index in [0.29, 0.717) is 38.1 Å². The van der Waals surface area contributed by atoms with E-state index in [4.69, 9.17) is 34.6 Å². The smallest absolute Gasteiger partial charge is 0.335 e. The van der Waals surface area contributed by atoms with E-state index >= 15 is 4.79 Å². The number of aromatic amines is 1. The quantitative estimate of drug-likeness (QED) is 0.108. The first-order chi connectivity index (χ1) is 32.3. The van der Waals surface area contributed by atoms with E-state index in [1.165, 1.54) is 26.5 Å². The summed E-state index contributed by atoms with van der Waals surface area (Å²) in [7, 11) is 5.11. The molecule has 0 radical (unpaired) electrons. The van der Waals surface area contributed by atoms with Crippen molar-refractivity contribution in [2.24, 2.45) is 11.3 Å². The number of hydrogen-bond acceptors (Lipinski definition) is 14. The predicted molar refractivity (Wildman–Crippen MR) is 248 cm³/mol. The van der Waals surface area contributed by atoms with Crippen molar-refractivity contribution >= 4 is 46.4 Å². The third kappa shape index (κ3) is 7.29. The van der Waals surface area contributed by atoms with Crippen molar-refractivity contribution in [1.29, 1.82) is 0 Å². The van der Waals surface area contributed by atoms with Crippen molar-refractivity contribution in [2.45, 2.75) is 107 Å². The van der Waals surface area contributed by atoms with Crippen LogP contribution in [-0.4, -0.2) is 160 Å². The molecular formula is C50H63N5O13. The third-order valence-corrected chi connectivity index (χ3v) is 15.8. The molecule has 18 heteroatoms. The van der Waals surface area contributed by atoms with Gasteiger partial charge < -0.3 is 54.9 Å². The van der Waals surface area contributed by atoms with Crippen LogP contribution in [0.25, 0.3) is 10.9 Å². The number of likely N-dealkylation sites (N-methyl/N-ethyl adjacent to an activating group) is 1. The van der Waals surface area contributed by atoms with Crippen molar-refractivity contribution in [3.05, 3.63) is 82.6 Å². The number of hydrogen-bond donors (Lipinski definition) is 7. The Morgan fingerprint density at radius 2 is 1.68 bits per heavy atom. The van der Waals surface area contributed by atoms with Crippen molar-refractivity contribution in [1.82, 2.24) is 20.1 Å². The van der Waals surface area contributed by atoms with Crippen LogP contribution in [0.1, 0.15) is 75.8 Å². The fraction of sp³-hybridized carbons (Fsp3) is 0.540. The lowest BCUT2D eigenvalue weighted by Gasteiger charge is -2.64. The molecular weight excluding hydrogens is 879 g/mol. The molecule has 1 amide bonds. The van der Waals surface area contributed by atoms with Gasteiger partial charge in [-0.3, -0.25) is 24.2 Å². The Bertz CT molecular complexity index is 2580. The van der Waals surface area contributed by atoms with Gasteiger partial charge in [0, 0.05) is 97.9 Å². The maximum absolute atomic E-state index is 15.2. The first kappa shape index (κ1) is 48.7. The highest BCUT2D eigenvalue weighted by Crippen LogP contribution is 2.68. The fourth-order valence-electron chi connectivity index (χ4n) is 13.3. The van der Waals surface area contributed by atoms with Crippen LogP contribution in [0.15, 0.2) is 60.2 Å². The highest BCUT2D eigenvalue weighted by Gasteiger charge is 2.78. The number of methoxy groups -OCH3 is 2. The van der Waals surface area contributed by atoms with Gasteiger partial charge in [-0.15, -0.1) is 0 Å². The second kappa shape index (κ2) is 17.9. The molecule has 5 aliphatic heterocycles. The minimum absolute atomic E-state index is 0.0500. The van der Waals surface area contributed by atoms with Crippen molar-refractivity contribution in [2.75, 3.05) is 58.9 Å². The van der Waals surface area contributed by atoms with E-state index in [2.05, 4.69) is 81.3 Å². The number of carboxylic acid groups (broad SMARTS) is 2. The number of aromatic nitrogens is 1. The molecule has 18 nitrogen and oxygen atoms in total. The lowest BCUT2D eigenvalue weighted by molar-refractivity contribution is -0.217. The van der Waals surface area contributed by atoms with Crippen LogP contribution in [0.5, 0.6) is 5.75 Å². The number of nitrogens with zero attached hydrogens (tertiary/aromatic N) is 3. The number of aliphatic hydroxyl groups is 3. The summed E-state index contributed by atoms with van der Waals surface area (Å²) in [6.45, 7) is 10.8. The van der Waals surface area contributed by atoms with Gasteiger partial charge in [0.2, 0.25) is 5.91 Å². The number of benzene rings is 2. The van der Waals surface area contributed by atoms with E-state index in [-0.39, 0.29) is 30.4 Å². The number of para-hydroxylation sites is 1. The van der Waals surface area contributed by atoms with Gasteiger partial charge in [-0.25, -0.2) is 9.59 Å². The second-order valence-corrected chi connectivity index (χ2v) is 19.3. The fourth-order valence-corrected chi connectivity index (χ4v) is 13.3. The predicted octanol–water partition coefficient (Wildman–Crippen LogP) is 2.59. The van der Waals surface area contributed by atoms with Gasteiger partial charge in [-0.2, -0.15) is 0 Å². The molecule has 6 aliphatic rings. The molecule has 2 bridgehead atoms. The second-order valence-electron chi connectivity index (χ2n) is 19.3. The Balaban J connectivity index is 0.000000563. The maximum atomic E-state index is 15.2. The Hall–Kier alpha value is -5.79. The van der Waals surface area contributed by atoms with E-state index in [1.54, 1.807) is 7.11 Å². The molecule has 1 aliphatic carbocycles. The van der Waals surface area contributed by atoms with Crippen LogP contribution in [0.2, 0.25) is 0 Å². The van der Waals surface area contributed by atoms with Crippen LogP contribution in [0.4, 0.5) is 5.69 Å². The Kier molecular flexibility index (Phi) is 12.8. The molecule has 7 N–H and O–H groups in total. The normalized spacial score (nSPS) is 31.8. The number of carbonyl (C=O) groups is 5. The van der Waals surface area contributed by atoms with E-state index in [0.717, 1.165) is 65.0 Å². The summed E-state index contributed by atoms with van der Waals surface area (Å²) < 4.78 is 18.7. The number of nitrogens with one attached hydrogen (secondary N) is 2. The minimum atomic E-state index is -2.27. The van der Waals surface area contributed by atoms with Gasteiger partial charge in [0.1, 0.15) is 22.9 Å².